The average molecular weight is 380 g/mol. The third-order valence-electron chi connectivity index (χ3n) is 3.86. The van der Waals surface area contributed by atoms with Gasteiger partial charge in [-0.2, -0.15) is 0 Å². The lowest BCUT2D eigenvalue weighted by molar-refractivity contribution is -0.118. The van der Waals surface area contributed by atoms with Gasteiger partial charge in [-0.25, -0.2) is 12.7 Å². The Morgan fingerprint density at radius 3 is 2.24 bits per heavy atom. The normalized spacial score (nSPS) is 14.2. The Bertz CT molecular complexity index is 859. The van der Waals surface area contributed by atoms with Gasteiger partial charge >= 0.3 is 0 Å². The van der Waals surface area contributed by atoms with E-state index in [0.717, 1.165) is 4.31 Å². The lowest BCUT2D eigenvalue weighted by Gasteiger charge is -2.23. The number of amides is 1. The minimum atomic E-state index is -4.02. The molecule has 0 unspecified atom stereocenters. The molecule has 0 saturated heterocycles. The van der Waals surface area contributed by atoms with Gasteiger partial charge in [0.05, 0.1) is 17.2 Å². The Kier molecular flexibility index (Phi) is 5.01. The summed E-state index contributed by atoms with van der Waals surface area (Å²) in [7, 11) is -4.02. The number of anilines is 1. The van der Waals surface area contributed by atoms with Crippen LogP contribution in [0.3, 0.4) is 0 Å². The fourth-order valence-electron chi connectivity index (χ4n) is 2.44. The summed E-state index contributed by atoms with van der Waals surface area (Å²) in [4.78, 5) is 12.7. The largest absolute Gasteiger partial charge is 0.494 e. The average Bonchev–Trinajstić information content (AvgIpc) is 3.42. The lowest BCUT2D eigenvalue weighted by Crippen LogP contribution is -2.38. The van der Waals surface area contributed by atoms with Crippen LogP contribution in [0.2, 0.25) is 5.02 Å². The van der Waals surface area contributed by atoms with Crippen LogP contribution in [-0.2, 0) is 14.8 Å². The number of rotatable bonds is 6. The smallest absolute Gasteiger partial charge is 0.270 e. The second-order valence-electron chi connectivity index (χ2n) is 5.76. The molecule has 25 heavy (non-hydrogen) atoms. The summed E-state index contributed by atoms with van der Waals surface area (Å²) in [5, 5.41) is 0.431. The Morgan fingerprint density at radius 2 is 1.72 bits per heavy atom. The van der Waals surface area contributed by atoms with Gasteiger partial charge in [-0.3, -0.25) is 4.79 Å². The van der Waals surface area contributed by atoms with Gasteiger partial charge in [0.2, 0.25) is 5.91 Å². The predicted molar refractivity (Wildman–Crippen MR) is 96.5 cm³/mol. The maximum absolute atomic E-state index is 13.1. The summed E-state index contributed by atoms with van der Waals surface area (Å²) in [6.07, 6.45) is 1.42. The van der Waals surface area contributed by atoms with Crippen molar-refractivity contribution >= 4 is 33.2 Å². The summed E-state index contributed by atoms with van der Waals surface area (Å²) in [6.45, 7) is 2.37. The Balaban J connectivity index is 2.02. The SMILES string of the molecule is CCOc1ccc(N(C(=O)C2CC2)S(=O)(=O)c2ccc(Cl)cc2)cc1. The van der Waals surface area contributed by atoms with E-state index in [1.54, 1.807) is 24.3 Å². The highest BCUT2D eigenvalue weighted by molar-refractivity contribution is 7.93. The van der Waals surface area contributed by atoms with Gasteiger partial charge in [0, 0.05) is 10.9 Å². The third-order valence-corrected chi connectivity index (χ3v) is 5.85. The summed E-state index contributed by atoms with van der Waals surface area (Å²) in [6, 6.07) is 12.3. The van der Waals surface area contributed by atoms with E-state index >= 15 is 0 Å². The zero-order valence-electron chi connectivity index (χ0n) is 13.7. The van der Waals surface area contributed by atoms with Crippen molar-refractivity contribution in [3.05, 3.63) is 53.6 Å². The van der Waals surface area contributed by atoms with Crippen molar-refractivity contribution in [2.24, 2.45) is 5.92 Å². The molecule has 0 aromatic heterocycles. The second-order valence-corrected chi connectivity index (χ2v) is 7.99. The number of ether oxygens (including phenoxy) is 1. The standard InChI is InChI=1S/C18H18ClNO4S/c1-2-24-16-9-7-15(8-10-16)20(18(21)13-3-4-13)25(22,23)17-11-5-14(19)6-12-17/h5-13H,2-4H2,1H3. The van der Waals surface area contributed by atoms with Gasteiger partial charge in [-0.15, -0.1) is 0 Å². The van der Waals surface area contributed by atoms with E-state index in [2.05, 4.69) is 0 Å². The molecule has 0 radical (unpaired) electrons. The van der Waals surface area contributed by atoms with Gasteiger partial charge in [-0.05, 0) is 68.3 Å². The van der Waals surface area contributed by atoms with Crippen LogP contribution in [0, 0.1) is 5.92 Å². The molecule has 1 saturated carbocycles. The van der Waals surface area contributed by atoms with E-state index in [1.807, 2.05) is 6.92 Å². The Labute approximate surface area is 152 Å². The number of carbonyl (C=O) groups is 1. The highest BCUT2D eigenvalue weighted by Gasteiger charge is 2.40. The minimum absolute atomic E-state index is 0.0276. The van der Waals surface area contributed by atoms with Gasteiger partial charge < -0.3 is 4.74 Å². The first-order chi connectivity index (χ1) is 11.9. The highest BCUT2D eigenvalue weighted by Crippen LogP contribution is 2.36. The van der Waals surface area contributed by atoms with Crippen molar-refractivity contribution in [3.8, 4) is 5.75 Å². The zero-order chi connectivity index (χ0) is 18.0. The summed E-state index contributed by atoms with van der Waals surface area (Å²) < 4.78 is 32.4. The second kappa shape index (κ2) is 7.06. The fraction of sp³-hybridized carbons (Fsp3) is 0.278. The van der Waals surface area contributed by atoms with Crippen LogP contribution >= 0.6 is 11.6 Å². The molecule has 1 aliphatic rings. The van der Waals surface area contributed by atoms with Crippen LogP contribution in [0.4, 0.5) is 5.69 Å². The van der Waals surface area contributed by atoms with Crippen molar-refractivity contribution in [2.75, 3.05) is 10.9 Å². The number of carbonyl (C=O) groups excluding carboxylic acids is 1. The molecule has 7 heteroatoms. The van der Waals surface area contributed by atoms with E-state index in [4.69, 9.17) is 16.3 Å². The fourth-order valence-corrected chi connectivity index (χ4v) is 4.04. The molecular weight excluding hydrogens is 362 g/mol. The summed E-state index contributed by atoms with van der Waals surface area (Å²) >= 11 is 5.84. The van der Waals surface area contributed by atoms with Gasteiger partial charge in [-0.1, -0.05) is 11.6 Å². The monoisotopic (exact) mass is 379 g/mol. The molecule has 0 heterocycles. The molecule has 3 rings (SSSR count). The molecule has 0 aliphatic heterocycles. The van der Waals surface area contributed by atoms with Crippen LogP contribution in [0.25, 0.3) is 0 Å². The predicted octanol–water partition coefficient (Wildman–Crippen LogP) is 3.87. The first-order valence-corrected chi connectivity index (χ1v) is 9.83. The van der Waals surface area contributed by atoms with E-state index < -0.39 is 15.9 Å². The van der Waals surface area contributed by atoms with Gasteiger partial charge in [0.1, 0.15) is 5.75 Å². The van der Waals surface area contributed by atoms with E-state index in [-0.39, 0.29) is 10.8 Å². The maximum atomic E-state index is 13.1. The van der Waals surface area contributed by atoms with Crippen molar-refractivity contribution < 1.29 is 17.9 Å². The molecule has 0 bridgehead atoms. The number of sulfonamides is 1. The van der Waals surface area contributed by atoms with Crippen LogP contribution in [0.5, 0.6) is 5.75 Å². The first kappa shape index (κ1) is 17.8. The number of hydrogen-bond donors (Lipinski definition) is 0. The summed E-state index contributed by atoms with van der Waals surface area (Å²) in [5.74, 6) is -0.0262. The van der Waals surface area contributed by atoms with Gasteiger partial charge in [0.15, 0.2) is 0 Å². The molecule has 2 aromatic rings. The van der Waals surface area contributed by atoms with Crippen LogP contribution in [-0.4, -0.2) is 20.9 Å². The topological polar surface area (TPSA) is 63.7 Å². The summed E-state index contributed by atoms with van der Waals surface area (Å²) in [5.41, 5.74) is 0.301. The molecule has 1 fully saturated rings. The molecule has 0 atom stereocenters. The zero-order valence-corrected chi connectivity index (χ0v) is 15.3. The van der Waals surface area contributed by atoms with E-state index in [9.17, 15) is 13.2 Å². The molecular formula is C18H18ClNO4S. The lowest BCUT2D eigenvalue weighted by atomic mass is 10.3. The van der Waals surface area contributed by atoms with Crippen molar-refractivity contribution in [3.63, 3.8) is 0 Å². The molecule has 1 aliphatic carbocycles. The molecule has 0 spiro atoms. The van der Waals surface area contributed by atoms with Crippen LogP contribution in [0.15, 0.2) is 53.4 Å². The van der Waals surface area contributed by atoms with Crippen LogP contribution < -0.4 is 9.04 Å². The maximum Gasteiger partial charge on any atom is 0.270 e. The molecule has 2 aromatic carbocycles. The Hall–Kier alpha value is -2.05. The van der Waals surface area contributed by atoms with Crippen molar-refractivity contribution in [2.45, 2.75) is 24.7 Å². The van der Waals surface area contributed by atoms with E-state index in [0.29, 0.717) is 35.9 Å². The van der Waals surface area contributed by atoms with Gasteiger partial charge in [0.25, 0.3) is 10.0 Å². The molecule has 0 N–H and O–H groups in total. The van der Waals surface area contributed by atoms with Crippen LogP contribution in [0.1, 0.15) is 19.8 Å². The van der Waals surface area contributed by atoms with Crippen molar-refractivity contribution in [1.82, 2.24) is 0 Å². The first-order valence-electron chi connectivity index (χ1n) is 8.01. The minimum Gasteiger partial charge on any atom is -0.494 e. The quantitative estimate of drug-likeness (QED) is 0.764. The van der Waals surface area contributed by atoms with Crippen molar-refractivity contribution in [1.29, 1.82) is 0 Å². The Morgan fingerprint density at radius 1 is 1.12 bits per heavy atom. The number of benzene rings is 2. The molecule has 132 valence electrons. The number of nitrogens with zero attached hydrogens (tertiary/aromatic N) is 1. The third kappa shape index (κ3) is 3.80. The van der Waals surface area contributed by atoms with E-state index in [1.165, 1.54) is 24.3 Å². The number of hydrogen-bond acceptors (Lipinski definition) is 4. The number of halogens is 1. The molecule has 1 amide bonds. The highest BCUT2D eigenvalue weighted by atomic mass is 35.5. The molecule has 5 nitrogen and oxygen atoms in total.